The van der Waals surface area contributed by atoms with Crippen molar-refractivity contribution < 1.29 is 9.84 Å². The molecule has 6 nitrogen and oxygen atoms in total. The van der Waals surface area contributed by atoms with Crippen molar-refractivity contribution >= 4 is 29.9 Å². The van der Waals surface area contributed by atoms with Crippen molar-refractivity contribution in [2.75, 3.05) is 39.3 Å². The van der Waals surface area contributed by atoms with E-state index in [0.29, 0.717) is 12.6 Å². The molecule has 0 radical (unpaired) electrons. The van der Waals surface area contributed by atoms with Crippen LogP contribution in [0.15, 0.2) is 59.6 Å². The SMILES string of the molecule is CCNC(=NCC(O)c1ccc(C)cc1)N1CC2OCCN(Cc3ccccc3)C2C1.I. The number of hydrogen-bond donors (Lipinski definition) is 2. The molecule has 2 saturated heterocycles. The van der Waals surface area contributed by atoms with Crippen LogP contribution < -0.4 is 5.32 Å². The second-order valence-electron chi connectivity index (χ2n) is 8.46. The van der Waals surface area contributed by atoms with E-state index in [1.54, 1.807) is 0 Å². The van der Waals surface area contributed by atoms with Crippen molar-refractivity contribution in [1.82, 2.24) is 15.1 Å². The summed E-state index contributed by atoms with van der Waals surface area (Å²) in [5.41, 5.74) is 3.42. The first-order chi connectivity index (χ1) is 15.1. The molecule has 3 atom stereocenters. The van der Waals surface area contributed by atoms with E-state index in [0.717, 1.165) is 50.9 Å². The Hall–Kier alpha value is -1.68. The number of aliphatic hydroxyl groups excluding tert-OH is 1. The summed E-state index contributed by atoms with van der Waals surface area (Å²) in [6, 6.07) is 19.0. The van der Waals surface area contributed by atoms with Crippen LogP contribution in [0, 0.1) is 6.92 Å². The van der Waals surface area contributed by atoms with Gasteiger partial charge in [-0.1, -0.05) is 60.2 Å². The number of ether oxygens (including phenoxy) is 1. The number of likely N-dealkylation sites (tertiary alicyclic amines) is 1. The highest BCUT2D eigenvalue weighted by Gasteiger charge is 2.41. The number of halogens is 1. The summed E-state index contributed by atoms with van der Waals surface area (Å²) in [4.78, 5) is 9.59. The number of fused-ring (bicyclic) bond motifs is 1. The van der Waals surface area contributed by atoms with Crippen LogP contribution in [0.5, 0.6) is 0 Å². The van der Waals surface area contributed by atoms with Crippen molar-refractivity contribution in [2.45, 2.75) is 38.6 Å². The highest BCUT2D eigenvalue weighted by atomic mass is 127. The molecule has 7 heteroatoms. The summed E-state index contributed by atoms with van der Waals surface area (Å²) in [5.74, 6) is 0.853. The first-order valence-corrected chi connectivity index (χ1v) is 11.3. The summed E-state index contributed by atoms with van der Waals surface area (Å²) >= 11 is 0. The van der Waals surface area contributed by atoms with Crippen LogP contribution in [-0.2, 0) is 11.3 Å². The fourth-order valence-corrected chi connectivity index (χ4v) is 4.44. The van der Waals surface area contributed by atoms with Crippen LogP contribution in [0.4, 0.5) is 0 Å². The molecule has 0 spiro atoms. The molecule has 2 aliphatic heterocycles. The van der Waals surface area contributed by atoms with Crippen molar-refractivity contribution in [2.24, 2.45) is 4.99 Å². The third-order valence-electron chi connectivity index (χ3n) is 6.16. The number of nitrogens with zero attached hydrogens (tertiary/aromatic N) is 3. The molecular formula is C25H35IN4O2. The van der Waals surface area contributed by atoms with Crippen LogP contribution >= 0.6 is 24.0 Å². The summed E-state index contributed by atoms with van der Waals surface area (Å²) < 4.78 is 6.12. The molecule has 2 aliphatic rings. The van der Waals surface area contributed by atoms with Gasteiger partial charge in [0, 0.05) is 32.7 Å². The molecule has 0 saturated carbocycles. The number of rotatable bonds is 6. The fourth-order valence-electron chi connectivity index (χ4n) is 4.44. The van der Waals surface area contributed by atoms with Gasteiger partial charge in [-0.05, 0) is 25.0 Å². The average Bonchev–Trinajstić information content (AvgIpc) is 3.23. The van der Waals surface area contributed by atoms with Crippen LogP contribution in [0.2, 0.25) is 0 Å². The van der Waals surface area contributed by atoms with Gasteiger partial charge in [0.15, 0.2) is 5.96 Å². The number of nitrogens with one attached hydrogen (secondary N) is 1. The smallest absolute Gasteiger partial charge is 0.194 e. The van der Waals surface area contributed by atoms with E-state index in [1.807, 2.05) is 31.2 Å². The Morgan fingerprint density at radius 1 is 1.16 bits per heavy atom. The lowest BCUT2D eigenvalue weighted by molar-refractivity contribution is -0.0502. The second-order valence-corrected chi connectivity index (χ2v) is 8.46. The normalized spacial score (nSPS) is 22.2. The molecule has 32 heavy (non-hydrogen) atoms. The quantitative estimate of drug-likeness (QED) is 0.329. The predicted octanol–water partition coefficient (Wildman–Crippen LogP) is 3.20. The Balaban J connectivity index is 0.00000289. The Morgan fingerprint density at radius 2 is 1.91 bits per heavy atom. The lowest BCUT2D eigenvalue weighted by Gasteiger charge is -2.36. The number of aliphatic imine (C=N–C) groups is 1. The van der Waals surface area contributed by atoms with Crippen LogP contribution in [0.25, 0.3) is 0 Å². The molecule has 0 bridgehead atoms. The molecule has 0 amide bonds. The minimum absolute atomic E-state index is 0. The largest absolute Gasteiger partial charge is 0.386 e. The van der Waals surface area contributed by atoms with Crippen molar-refractivity contribution in [3.8, 4) is 0 Å². The first-order valence-electron chi connectivity index (χ1n) is 11.3. The zero-order valence-electron chi connectivity index (χ0n) is 19.0. The zero-order chi connectivity index (χ0) is 21.6. The minimum Gasteiger partial charge on any atom is -0.386 e. The van der Waals surface area contributed by atoms with Crippen LogP contribution in [0.1, 0.15) is 29.7 Å². The maximum Gasteiger partial charge on any atom is 0.194 e. The standard InChI is InChI=1S/C25H34N4O2.HI/c1-3-26-25(27-15-23(30)21-11-9-19(2)10-12-21)29-17-22-24(18-29)31-14-13-28(22)16-20-7-5-4-6-8-20;/h4-12,22-24,30H,3,13-18H2,1-2H3,(H,26,27);1H. The lowest BCUT2D eigenvalue weighted by Crippen LogP contribution is -2.50. The van der Waals surface area contributed by atoms with Gasteiger partial charge >= 0.3 is 0 Å². The van der Waals surface area contributed by atoms with Crippen LogP contribution in [0.3, 0.4) is 0 Å². The highest BCUT2D eigenvalue weighted by molar-refractivity contribution is 14.0. The Labute approximate surface area is 208 Å². The van der Waals surface area contributed by atoms with Gasteiger partial charge in [0.05, 0.1) is 31.4 Å². The molecule has 4 rings (SSSR count). The average molecular weight is 550 g/mol. The van der Waals surface area contributed by atoms with E-state index in [4.69, 9.17) is 9.73 Å². The molecule has 0 aromatic heterocycles. The minimum atomic E-state index is -0.607. The van der Waals surface area contributed by atoms with Gasteiger partial charge in [0.25, 0.3) is 0 Å². The van der Waals surface area contributed by atoms with Gasteiger partial charge < -0.3 is 20.1 Å². The molecule has 0 aliphatic carbocycles. The Kier molecular flexibility index (Phi) is 9.34. The molecule has 2 aromatic rings. The number of morpholine rings is 1. The predicted molar refractivity (Wildman–Crippen MR) is 139 cm³/mol. The number of guanidine groups is 1. The Morgan fingerprint density at radius 3 is 2.62 bits per heavy atom. The second kappa shape index (κ2) is 12.0. The molecule has 174 valence electrons. The molecule has 2 heterocycles. The molecule has 2 fully saturated rings. The topological polar surface area (TPSA) is 60.3 Å². The highest BCUT2D eigenvalue weighted by Crippen LogP contribution is 2.25. The molecule has 2 N–H and O–H groups in total. The van der Waals surface area contributed by atoms with E-state index in [1.165, 1.54) is 11.1 Å². The van der Waals surface area contributed by atoms with E-state index >= 15 is 0 Å². The van der Waals surface area contributed by atoms with E-state index < -0.39 is 6.10 Å². The summed E-state index contributed by atoms with van der Waals surface area (Å²) in [5, 5.41) is 14.0. The third-order valence-corrected chi connectivity index (χ3v) is 6.16. The van der Waals surface area contributed by atoms with Gasteiger partial charge in [-0.2, -0.15) is 0 Å². The van der Waals surface area contributed by atoms with Gasteiger partial charge in [-0.3, -0.25) is 9.89 Å². The number of benzene rings is 2. The van der Waals surface area contributed by atoms with Gasteiger partial charge in [0.2, 0.25) is 0 Å². The van der Waals surface area contributed by atoms with Gasteiger partial charge in [-0.15, -0.1) is 24.0 Å². The lowest BCUT2D eigenvalue weighted by atomic mass is 10.1. The van der Waals surface area contributed by atoms with Gasteiger partial charge in [-0.25, -0.2) is 0 Å². The summed E-state index contributed by atoms with van der Waals surface area (Å²) in [7, 11) is 0. The maximum absolute atomic E-state index is 10.6. The number of hydrogen-bond acceptors (Lipinski definition) is 4. The summed E-state index contributed by atoms with van der Waals surface area (Å²) in [6.07, 6.45) is -0.423. The third kappa shape index (κ3) is 6.21. The first kappa shape index (κ1) is 25.0. The van der Waals surface area contributed by atoms with E-state index in [9.17, 15) is 5.11 Å². The molecule has 3 unspecified atom stereocenters. The van der Waals surface area contributed by atoms with Crippen molar-refractivity contribution in [3.05, 3.63) is 71.3 Å². The zero-order valence-corrected chi connectivity index (χ0v) is 21.3. The molecular weight excluding hydrogens is 515 g/mol. The van der Waals surface area contributed by atoms with Crippen molar-refractivity contribution in [3.63, 3.8) is 0 Å². The molecule has 2 aromatic carbocycles. The van der Waals surface area contributed by atoms with Crippen LogP contribution in [-0.4, -0.2) is 72.3 Å². The monoisotopic (exact) mass is 550 g/mol. The van der Waals surface area contributed by atoms with E-state index in [2.05, 4.69) is 52.4 Å². The van der Waals surface area contributed by atoms with E-state index in [-0.39, 0.29) is 30.1 Å². The number of aryl methyl sites for hydroxylation is 1. The number of aliphatic hydroxyl groups is 1. The summed E-state index contributed by atoms with van der Waals surface area (Å²) in [6.45, 7) is 9.61. The Bertz CT molecular complexity index is 862. The van der Waals surface area contributed by atoms with Crippen molar-refractivity contribution in [1.29, 1.82) is 0 Å². The fraction of sp³-hybridized carbons (Fsp3) is 0.480. The maximum atomic E-state index is 10.6. The van der Waals surface area contributed by atoms with Gasteiger partial charge in [0.1, 0.15) is 0 Å².